The van der Waals surface area contributed by atoms with Gasteiger partial charge in [-0.05, 0) is 25.1 Å². The minimum absolute atomic E-state index is 0.0394. The second kappa shape index (κ2) is 5.58. The number of anilines is 1. The molecule has 92 valence electrons. The maximum Gasteiger partial charge on any atom is 0.236 e. The summed E-state index contributed by atoms with van der Waals surface area (Å²) in [5.74, 6) is -0.892. The van der Waals surface area contributed by atoms with Crippen molar-refractivity contribution >= 4 is 28.8 Å². The molecule has 17 heavy (non-hydrogen) atoms. The van der Waals surface area contributed by atoms with Crippen molar-refractivity contribution in [3.05, 3.63) is 29.6 Å². The Bertz CT molecular complexity index is 450. The number of halogens is 1. The number of likely N-dealkylation sites (N-methyl/N-ethyl adjacent to an activating group) is 1. The molecular weight excluding hydrogens is 241 g/mol. The van der Waals surface area contributed by atoms with Gasteiger partial charge in [-0.25, -0.2) is 4.39 Å². The van der Waals surface area contributed by atoms with Crippen molar-refractivity contribution in [1.29, 1.82) is 0 Å². The number of primary amides is 1. The molecule has 1 amide bonds. The van der Waals surface area contributed by atoms with Crippen LogP contribution in [-0.2, 0) is 4.79 Å². The summed E-state index contributed by atoms with van der Waals surface area (Å²) in [6, 6.07) is 4.08. The van der Waals surface area contributed by atoms with Crippen LogP contribution in [0.1, 0.15) is 12.5 Å². The van der Waals surface area contributed by atoms with Gasteiger partial charge in [0.1, 0.15) is 10.8 Å². The van der Waals surface area contributed by atoms with E-state index in [1.807, 2.05) is 6.92 Å². The van der Waals surface area contributed by atoms with E-state index >= 15 is 0 Å². The number of amides is 1. The molecule has 6 heteroatoms. The van der Waals surface area contributed by atoms with Crippen molar-refractivity contribution in [3.63, 3.8) is 0 Å². The highest BCUT2D eigenvalue weighted by Gasteiger charge is 2.14. The average molecular weight is 255 g/mol. The lowest BCUT2D eigenvalue weighted by Gasteiger charge is -2.23. The predicted molar refractivity (Wildman–Crippen MR) is 69.4 cm³/mol. The number of nitrogens with zero attached hydrogens (tertiary/aromatic N) is 1. The SMILES string of the molecule is CCN(CC(N)=O)c1ccc(F)cc1C(N)=S. The highest BCUT2D eigenvalue weighted by atomic mass is 32.1. The molecule has 0 aliphatic heterocycles. The van der Waals surface area contributed by atoms with Gasteiger partial charge >= 0.3 is 0 Å². The van der Waals surface area contributed by atoms with Crippen molar-refractivity contribution in [2.45, 2.75) is 6.92 Å². The van der Waals surface area contributed by atoms with Crippen molar-refractivity contribution in [2.24, 2.45) is 11.5 Å². The fraction of sp³-hybridized carbons (Fsp3) is 0.273. The van der Waals surface area contributed by atoms with E-state index in [0.717, 1.165) is 0 Å². The van der Waals surface area contributed by atoms with Crippen molar-refractivity contribution in [2.75, 3.05) is 18.0 Å². The quantitative estimate of drug-likeness (QED) is 0.762. The number of hydrogen-bond acceptors (Lipinski definition) is 3. The Kier molecular flexibility index (Phi) is 4.39. The highest BCUT2D eigenvalue weighted by Crippen LogP contribution is 2.21. The van der Waals surface area contributed by atoms with Crippen LogP contribution in [0.5, 0.6) is 0 Å². The van der Waals surface area contributed by atoms with E-state index in [9.17, 15) is 9.18 Å². The fourth-order valence-corrected chi connectivity index (χ4v) is 1.70. The van der Waals surface area contributed by atoms with Crippen LogP contribution in [0.2, 0.25) is 0 Å². The van der Waals surface area contributed by atoms with Crippen LogP contribution >= 0.6 is 12.2 Å². The standard InChI is InChI=1S/C11H14FN3OS/c1-2-15(6-10(13)16)9-4-3-7(12)5-8(9)11(14)17/h3-5H,2,6H2,1H3,(H2,13,16)(H2,14,17). The largest absolute Gasteiger partial charge is 0.389 e. The predicted octanol–water partition coefficient (Wildman–Crippen LogP) is 0.772. The summed E-state index contributed by atoms with van der Waals surface area (Å²) in [6.45, 7) is 2.44. The number of nitrogens with two attached hydrogens (primary N) is 2. The first-order valence-electron chi connectivity index (χ1n) is 5.08. The van der Waals surface area contributed by atoms with E-state index in [-0.39, 0.29) is 11.5 Å². The summed E-state index contributed by atoms with van der Waals surface area (Å²) >= 11 is 4.86. The molecule has 0 bridgehead atoms. The van der Waals surface area contributed by atoms with E-state index < -0.39 is 11.7 Å². The number of thiocarbonyl (C=S) groups is 1. The van der Waals surface area contributed by atoms with Gasteiger partial charge in [-0.3, -0.25) is 4.79 Å². The Labute approximate surface area is 104 Å². The molecule has 0 saturated carbocycles. The Morgan fingerprint density at radius 1 is 1.47 bits per heavy atom. The van der Waals surface area contributed by atoms with E-state index in [0.29, 0.717) is 17.8 Å². The van der Waals surface area contributed by atoms with Crippen LogP contribution in [0.3, 0.4) is 0 Å². The summed E-state index contributed by atoms with van der Waals surface area (Å²) in [5, 5.41) is 0. The molecule has 0 aliphatic carbocycles. The molecule has 0 heterocycles. The maximum absolute atomic E-state index is 13.1. The van der Waals surface area contributed by atoms with Crippen molar-refractivity contribution in [3.8, 4) is 0 Å². The zero-order chi connectivity index (χ0) is 13.0. The molecular formula is C11H14FN3OS. The van der Waals surface area contributed by atoms with Gasteiger partial charge in [0, 0.05) is 17.8 Å². The molecule has 1 aromatic rings. The van der Waals surface area contributed by atoms with E-state index in [4.69, 9.17) is 23.7 Å². The molecule has 0 fully saturated rings. The molecule has 0 atom stereocenters. The zero-order valence-corrected chi connectivity index (χ0v) is 10.3. The number of hydrogen-bond donors (Lipinski definition) is 2. The van der Waals surface area contributed by atoms with Gasteiger partial charge in [-0.2, -0.15) is 0 Å². The lowest BCUT2D eigenvalue weighted by molar-refractivity contribution is -0.116. The third-order valence-corrected chi connectivity index (χ3v) is 2.51. The molecule has 0 saturated heterocycles. The van der Waals surface area contributed by atoms with Gasteiger partial charge in [0.05, 0.1) is 6.54 Å². The second-order valence-electron chi connectivity index (χ2n) is 3.51. The van der Waals surface area contributed by atoms with E-state index in [1.54, 1.807) is 4.90 Å². The summed E-state index contributed by atoms with van der Waals surface area (Å²) in [6.07, 6.45) is 0. The van der Waals surface area contributed by atoms with Crippen LogP contribution in [0.15, 0.2) is 18.2 Å². The summed E-state index contributed by atoms with van der Waals surface area (Å²) in [7, 11) is 0. The third kappa shape index (κ3) is 3.39. The highest BCUT2D eigenvalue weighted by molar-refractivity contribution is 7.80. The number of rotatable bonds is 5. The zero-order valence-electron chi connectivity index (χ0n) is 9.44. The van der Waals surface area contributed by atoms with Crippen molar-refractivity contribution < 1.29 is 9.18 Å². The second-order valence-corrected chi connectivity index (χ2v) is 3.95. The first kappa shape index (κ1) is 13.4. The lowest BCUT2D eigenvalue weighted by Crippen LogP contribution is -2.35. The number of carbonyl (C=O) groups is 1. The molecule has 1 aromatic carbocycles. The smallest absolute Gasteiger partial charge is 0.236 e. The first-order valence-corrected chi connectivity index (χ1v) is 5.49. The number of benzene rings is 1. The van der Waals surface area contributed by atoms with Gasteiger partial charge in [-0.15, -0.1) is 0 Å². The molecule has 0 radical (unpaired) electrons. The van der Waals surface area contributed by atoms with E-state index in [1.165, 1.54) is 18.2 Å². The third-order valence-electron chi connectivity index (χ3n) is 2.29. The summed E-state index contributed by atoms with van der Waals surface area (Å²) < 4.78 is 13.1. The molecule has 4 N–H and O–H groups in total. The Balaban J connectivity index is 3.18. The van der Waals surface area contributed by atoms with Gasteiger partial charge in [0.15, 0.2) is 0 Å². The minimum atomic E-state index is -0.468. The van der Waals surface area contributed by atoms with Crippen LogP contribution in [0.25, 0.3) is 0 Å². The molecule has 0 aromatic heterocycles. The van der Waals surface area contributed by atoms with Gasteiger partial charge in [0.25, 0.3) is 0 Å². The summed E-state index contributed by atoms with van der Waals surface area (Å²) in [4.78, 5) is 12.7. The Morgan fingerprint density at radius 3 is 2.59 bits per heavy atom. The summed E-state index contributed by atoms with van der Waals surface area (Å²) in [5.41, 5.74) is 11.7. The van der Waals surface area contributed by atoms with Crippen LogP contribution < -0.4 is 16.4 Å². The average Bonchev–Trinajstić information content (AvgIpc) is 2.25. The molecule has 0 unspecified atom stereocenters. The van der Waals surface area contributed by atoms with Crippen molar-refractivity contribution in [1.82, 2.24) is 0 Å². The topological polar surface area (TPSA) is 72.3 Å². The minimum Gasteiger partial charge on any atom is -0.389 e. The normalized spacial score (nSPS) is 10.0. The van der Waals surface area contributed by atoms with Gasteiger partial charge in [0.2, 0.25) is 5.91 Å². The molecule has 4 nitrogen and oxygen atoms in total. The van der Waals surface area contributed by atoms with Gasteiger partial charge in [-0.1, -0.05) is 12.2 Å². The lowest BCUT2D eigenvalue weighted by atomic mass is 10.1. The van der Waals surface area contributed by atoms with Gasteiger partial charge < -0.3 is 16.4 Å². The molecule has 1 rings (SSSR count). The fourth-order valence-electron chi connectivity index (χ4n) is 1.54. The molecule has 0 aliphatic rings. The maximum atomic E-state index is 13.1. The number of carbonyl (C=O) groups excluding carboxylic acids is 1. The van der Waals surface area contributed by atoms with E-state index in [2.05, 4.69) is 0 Å². The Hall–Kier alpha value is -1.69. The Morgan fingerprint density at radius 2 is 2.12 bits per heavy atom. The monoisotopic (exact) mass is 255 g/mol. The van der Waals surface area contributed by atoms with Crippen LogP contribution in [0, 0.1) is 5.82 Å². The van der Waals surface area contributed by atoms with Crippen LogP contribution in [0.4, 0.5) is 10.1 Å². The first-order chi connectivity index (χ1) is 7.95. The molecule has 0 spiro atoms. The van der Waals surface area contributed by atoms with Crippen LogP contribution in [-0.4, -0.2) is 24.0 Å².